The van der Waals surface area contributed by atoms with Crippen LogP contribution in [0.25, 0.3) is 0 Å². The van der Waals surface area contributed by atoms with E-state index < -0.39 is 11.4 Å². The molecule has 0 bridgehead atoms. The van der Waals surface area contributed by atoms with Gasteiger partial charge in [-0.3, -0.25) is 14.4 Å². The van der Waals surface area contributed by atoms with Crippen LogP contribution in [0.3, 0.4) is 0 Å². The molecule has 1 N–H and O–H groups in total. The Morgan fingerprint density at radius 3 is 2.90 bits per heavy atom. The van der Waals surface area contributed by atoms with Crippen LogP contribution in [-0.4, -0.2) is 38.8 Å². The standard InChI is InChI=1S/C16H27N3O2/c1-4-7-16(15(20)21)8-10-18(12-16)11-14-6-9-19(17-14)13(3)5-2/h6,9,13H,4-5,7-8,10-12H2,1-3H3,(H,20,21). The summed E-state index contributed by atoms with van der Waals surface area (Å²) in [7, 11) is 0. The lowest BCUT2D eigenvalue weighted by Gasteiger charge is -2.24. The van der Waals surface area contributed by atoms with E-state index >= 15 is 0 Å². The van der Waals surface area contributed by atoms with Gasteiger partial charge in [0.15, 0.2) is 0 Å². The van der Waals surface area contributed by atoms with E-state index in [4.69, 9.17) is 0 Å². The van der Waals surface area contributed by atoms with Crippen LogP contribution in [0.2, 0.25) is 0 Å². The van der Waals surface area contributed by atoms with Crippen molar-refractivity contribution in [2.75, 3.05) is 13.1 Å². The van der Waals surface area contributed by atoms with Crippen molar-refractivity contribution in [2.45, 2.75) is 59.0 Å². The molecule has 2 unspecified atom stereocenters. The Bertz CT molecular complexity index is 486. The van der Waals surface area contributed by atoms with Gasteiger partial charge in [0.25, 0.3) is 0 Å². The summed E-state index contributed by atoms with van der Waals surface area (Å²) in [4.78, 5) is 13.8. The lowest BCUT2D eigenvalue weighted by Crippen LogP contribution is -2.34. The van der Waals surface area contributed by atoms with Crippen molar-refractivity contribution < 1.29 is 9.90 Å². The molecule has 0 aliphatic carbocycles. The van der Waals surface area contributed by atoms with Crippen LogP contribution in [0, 0.1) is 5.41 Å². The van der Waals surface area contributed by atoms with Crippen molar-refractivity contribution in [3.63, 3.8) is 0 Å². The Hall–Kier alpha value is -1.36. The first-order valence-electron chi connectivity index (χ1n) is 8.00. The quantitative estimate of drug-likeness (QED) is 0.839. The van der Waals surface area contributed by atoms with Gasteiger partial charge in [0, 0.05) is 25.3 Å². The predicted octanol–water partition coefficient (Wildman–Crippen LogP) is 2.93. The summed E-state index contributed by atoms with van der Waals surface area (Å²) in [6.07, 6.45) is 5.52. The van der Waals surface area contributed by atoms with Gasteiger partial charge in [-0.15, -0.1) is 0 Å². The molecule has 21 heavy (non-hydrogen) atoms. The number of hydrogen-bond acceptors (Lipinski definition) is 3. The maximum Gasteiger partial charge on any atom is 0.310 e. The average Bonchev–Trinajstić information content (AvgIpc) is 3.07. The second-order valence-electron chi connectivity index (χ2n) is 6.34. The number of rotatable bonds is 7. The molecule has 1 aromatic rings. The van der Waals surface area contributed by atoms with E-state index in [0.29, 0.717) is 12.6 Å². The van der Waals surface area contributed by atoms with Crippen molar-refractivity contribution in [1.29, 1.82) is 0 Å². The molecule has 5 heteroatoms. The molecule has 0 saturated carbocycles. The highest BCUT2D eigenvalue weighted by molar-refractivity contribution is 5.75. The molecule has 2 atom stereocenters. The third-order valence-corrected chi connectivity index (χ3v) is 4.71. The van der Waals surface area contributed by atoms with Gasteiger partial charge in [-0.2, -0.15) is 5.10 Å². The summed E-state index contributed by atoms with van der Waals surface area (Å²) in [6, 6.07) is 2.46. The van der Waals surface area contributed by atoms with Crippen molar-refractivity contribution >= 4 is 5.97 Å². The lowest BCUT2D eigenvalue weighted by molar-refractivity contribution is -0.148. The van der Waals surface area contributed by atoms with Crippen molar-refractivity contribution in [3.05, 3.63) is 18.0 Å². The minimum Gasteiger partial charge on any atom is -0.481 e. The van der Waals surface area contributed by atoms with Crippen molar-refractivity contribution in [2.24, 2.45) is 5.41 Å². The van der Waals surface area contributed by atoms with Crippen LogP contribution < -0.4 is 0 Å². The molecule has 2 heterocycles. The van der Waals surface area contributed by atoms with Gasteiger partial charge in [0.05, 0.1) is 11.1 Å². The first kappa shape index (κ1) is 16.0. The van der Waals surface area contributed by atoms with Gasteiger partial charge in [0.2, 0.25) is 0 Å². The average molecular weight is 293 g/mol. The lowest BCUT2D eigenvalue weighted by atomic mass is 9.83. The number of aliphatic carboxylic acids is 1. The summed E-state index contributed by atoms with van der Waals surface area (Å²) in [6.45, 7) is 8.61. The molecule has 5 nitrogen and oxygen atoms in total. The van der Waals surface area contributed by atoms with Crippen LogP contribution in [0.15, 0.2) is 12.3 Å². The van der Waals surface area contributed by atoms with Gasteiger partial charge >= 0.3 is 5.97 Å². The Labute approximate surface area is 126 Å². The van der Waals surface area contributed by atoms with Gasteiger partial charge in [0.1, 0.15) is 0 Å². The minimum atomic E-state index is -0.642. The first-order chi connectivity index (χ1) is 10.0. The second kappa shape index (κ2) is 6.60. The molecule has 118 valence electrons. The highest BCUT2D eigenvalue weighted by Gasteiger charge is 2.43. The van der Waals surface area contributed by atoms with E-state index in [9.17, 15) is 9.90 Å². The van der Waals surface area contributed by atoms with Gasteiger partial charge in [-0.1, -0.05) is 20.3 Å². The maximum absolute atomic E-state index is 11.6. The molecule has 0 spiro atoms. The molecule has 0 radical (unpaired) electrons. The highest BCUT2D eigenvalue weighted by atomic mass is 16.4. The zero-order valence-electron chi connectivity index (χ0n) is 13.4. The van der Waals surface area contributed by atoms with E-state index in [2.05, 4.69) is 30.8 Å². The Morgan fingerprint density at radius 2 is 2.29 bits per heavy atom. The molecule has 1 aliphatic heterocycles. The fourth-order valence-corrected chi connectivity index (χ4v) is 3.18. The number of carbonyl (C=O) groups is 1. The first-order valence-corrected chi connectivity index (χ1v) is 8.00. The normalized spacial score (nSPS) is 24.3. The van der Waals surface area contributed by atoms with Crippen LogP contribution >= 0.6 is 0 Å². The fraction of sp³-hybridized carbons (Fsp3) is 0.750. The largest absolute Gasteiger partial charge is 0.481 e. The smallest absolute Gasteiger partial charge is 0.310 e. The van der Waals surface area contributed by atoms with Gasteiger partial charge in [-0.05, 0) is 38.8 Å². The molecule has 1 aromatic heterocycles. The van der Waals surface area contributed by atoms with E-state index in [0.717, 1.165) is 44.5 Å². The minimum absolute atomic E-state index is 0.413. The number of nitrogens with zero attached hydrogens (tertiary/aromatic N) is 3. The summed E-state index contributed by atoms with van der Waals surface area (Å²) in [5.74, 6) is -0.642. The molecule has 1 fully saturated rings. The second-order valence-corrected chi connectivity index (χ2v) is 6.34. The van der Waals surface area contributed by atoms with Crippen LogP contribution in [-0.2, 0) is 11.3 Å². The van der Waals surface area contributed by atoms with Gasteiger partial charge in [-0.25, -0.2) is 0 Å². The molecule has 1 aliphatic rings. The fourth-order valence-electron chi connectivity index (χ4n) is 3.18. The predicted molar refractivity (Wildman–Crippen MR) is 82.1 cm³/mol. The number of likely N-dealkylation sites (tertiary alicyclic amines) is 1. The summed E-state index contributed by atoms with van der Waals surface area (Å²) >= 11 is 0. The van der Waals surface area contributed by atoms with Crippen LogP contribution in [0.1, 0.15) is 58.2 Å². The van der Waals surface area contributed by atoms with Crippen LogP contribution in [0.5, 0.6) is 0 Å². The summed E-state index contributed by atoms with van der Waals surface area (Å²) < 4.78 is 2.00. The molecule has 0 amide bonds. The van der Waals surface area contributed by atoms with E-state index in [1.165, 1.54) is 0 Å². The Kier molecular flexibility index (Phi) is 5.04. The summed E-state index contributed by atoms with van der Waals surface area (Å²) in [5.41, 5.74) is 0.488. The van der Waals surface area contributed by atoms with Crippen LogP contribution in [0.4, 0.5) is 0 Å². The third-order valence-electron chi connectivity index (χ3n) is 4.71. The third kappa shape index (κ3) is 3.46. The topological polar surface area (TPSA) is 58.4 Å². The highest BCUT2D eigenvalue weighted by Crippen LogP contribution is 2.36. The molecule has 0 aromatic carbocycles. The van der Waals surface area contributed by atoms with E-state index in [-0.39, 0.29) is 0 Å². The van der Waals surface area contributed by atoms with Crippen molar-refractivity contribution in [3.8, 4) is 0 Å². The number of aromatic nitrogens is 2. The molecular formula is C16H27N3O2. The van der Waals surface area contributed by atoms with E-state index in [1.54, 1.807) is 0 Å². The zero-order valence-corrected chi connectivity index (χ0v) is 13.4. The summed E-state index contributed by atoms with van der Waals surface area (Å²) in [5, 5.41) is 14.2. The zero-order chi connectivity index (χ0) is 15.5. The Balaban J connectivity index is 1.99. The molecule has 2 rings (SSSR count). The number of carboxylic acids is 1. The molecular weight excluding hydrogens is 266 g/mol. The SMILES string of the molecule is CCCC1(C(=O)O)CCN(Cc2ccn(C(C)CC)n2)C1. The number of hydrogen-bond donors (Lipinski definition) is 1. The number of carboxylic acid groups (broad SMARTS) is 1. The Morgan fingerprint density at radius 1 is 1.52 bits per heavy atom. The monoisotopic (exact) mass is 293 g/mol. The van der Waals surface area contributed by atoms with Crippen molar-refractivity contribution in [1.82, 2.24) is 14.7 Å². The molecule has 1 saturated heterocycles. The van der Waals surface area contributed by atoms with E-state index in [1.807, 2.05) is 16.9 Å². The maximum atomic E-state index is 11.6. The van der Waals surface area contributed by atoms with Gasteiger partial charge < -0.3 is 5.11 Å².